The Kier molecular flexibility index (Phi) is 6.24. The van der Waals surface area contributed by atoms with Crippen molar-refractivity contribution in [3.05, 3.63) is 196 Å². The predicted octanol–water partition coefficient (Wildman–Crippen LogP) is 13.4. The summed E-state index contributed by atoms with van der Waals surface area (Å²) in [5.41, 5.74) is 19.9. The average Bonchev–Trinajstić information content (AvgIpc) is 3.78. The number of aryl methyl sites for hydroxylation is 2. The Bertz CT molecular complexity index is 2930. The van der Waals surface area contributed by atoms with Gasteiger partial charge in [-0.2, -0.15) is 0 Å². The number of hydrogen-bond donors (Lipinski definition) is 0. The van der Waals surface area contributed by atoms with E-state index in [0.717, 1.165) is 22.2 Å². The van der Waals surface area contributed by atoms with E-state index < -0.39 is 0 Å². The fraction of sp³-hybridized carbons (Fsp3) is 0.0600. The van der Waals surface area contributed by atoms with Gasteiger partial charge in [0.1, 0.15) is 0 Å². The fourth-order valence-electron chi connectivity index (χ4n) is 9.20. The van der Waals surface area contributed by atoms with E-state index in [9.17, 15) is 0 Å². The van der Waals surface area contributed by atoms with Crippen molar-refractivity contribution in [3.8, 4) is 55.8 Å². The summed E-state index contributed by atoms with van der Waals surface area (Å²) >= 11 is 1.92. The monoisotopic (exact) mass is 679 g/mol. The number of rotatable bonds is 3. The summed E-state index contributed by atoms with van der Waals surface area (Å²) in [7, 11) is 0. The van der Waals surface area contributed by atoms with E-state index in [2.05, 4.69) is 178 Å². The van der Waals surface area contributed by atoms with E-state index in [4.69, 9.17) is 4.98 Å². The second kappa shape index (κ2) is 11.0. The molecular weight excluding hydrogens is 647 g/mol. The maximum atomic E-state index is 5.17. The molecule has 0 saturated heterocycles. The Balaban J connectivity index is 1.10. The standard InChI is InChI=1S/C50H33NS/c1-30-31(2)52-48-29-41-38-16-6-8-19-42(38)50(45(41)28-40(30)48)43-20-9-7-17-39(43)49-37(18-11-21-44(49)50)34-14-10-15-35(27-34)46-25-23-36-26-33(22-24-47(36)51-46)32-12-4-3-5-13-32/h3-29H,1-2H3. The highest BCUT2D eigenvalue weighted by molar-refractivity contribution is 7.19. The van der Waals surface area contributed by atoms with Gasteiger partial charge in [0.15, 0.2) is 0 Å². The van der Waals surface area contributed by atoms with E-state index in [1.165, 1.54) is 87.3 Å². The molecule has 2 aromatic heterocycles. The lowest BCUT2D eigenvalue weighted by atomic mass is 9.70. The van der Waals surface area contributed by atoms with Gasteiger partial charge in [-0.1, -0.05) is 127 Å². The third kappa shape index (κ3) is 4.01. The van der Waals surface area contributed by atoms with Crippen molar-refractivity contribution >= 4 is 32.3 Å². The summed E-state index contributed by atoms with van der Waals surface area (Å²) in [5, 5.41) is 2.52. The van der Waals surface area contributed by atoms with Crippen LogP contribution in [0.15, 0.2) is 164 Å². The molecule has 0 aliphatic heterocycles. The number of benzene rings is 7. The van der Waals surface area contributed by atoms with Gasteiger partial charge >= 0.3 is 0 Å². The van der Waals surface area contributed by atoms with E-state index >= 15 is 0 Å². The molecule has 2 aliphatic carbocycles. The van der Waals surface area contributed by atoms with Crippen LogP contribution in [0.1, 0.15) is 32.7 Å². The van der Waals surface area contributed by atoms with Crippen LogP contribution in [-0.2, 0) is 5.41 Å². The zero-order chi connectivity index (χ0) is 34.6. The molecule has 52 heavy (non-hydrogen) atoms. The van der Waals surface area contributed by atoms with E-state index in [1.807, 2.05) is 11.3 Å². The summed E-state index contributed by atoms with van der Waals surface area (Å²) < 4.78 is 1.37. The van der Waals surface area contributed by atoms with Crippen molar-refractivity contribution in [1.29, 1.82) is 0 Å². The lowest BCUT2D eigenvalue weighted by molar-refractivity contribution is 0.795. The Hall–Kier alpha value is -6.09. The Morgan fingerprint density at radius 2 is 1.15 bits per heavy atom. The number of nitrogens with zero attached hydrogens (tertiary/aromatic N) is 1. The van der Waals surface area contributed by atoms with Crippen molar-refractivity contribution in [1.82, 2.24) is 4.98 Å². The van der Waals surface area contributed by atoms with Gasteiger partial charge in [0.25, 0.3) is 0 Å². The second-order valence-corrected chi connectivity index (χ2v) is 15.6. The molecule has 1 nitrogen and oxygen atoms in total. The highest BCUT2D eigenvalue weighted by atomic mass is 32.1. The number of fused-ring (bicyclic) bond motifs is 12. The van der Waals surface area contributed by atoms with Crippen molar-refractivity contribution in [2.24, 2.45) is 0 Å². The largest absolute Gasteiger partial charge is 0.248 e. The minimum Gasteiger partial charge on any atom is -0.248 e. The first-order valence-electron chi connectivity index (χ1n) is 18.0. The zero-order valence-corrected chi connectivity index (χ0v) is 29.8. The number of aromatic nitrogens is 1. The van der Waals surface area contributed by atoms with E-state index in [1.54, 1.807) is 0 Å². The minimum absolute atomic E-state index is 0.388. The van der Waals surface area contributed by atoms with Crippen molar-refractivity contribution in [2.75, 3.05) is 0 Å². The van der Waals surface area contributed by atoms with Crippen molar-refractivity contribution < 1.29 is 0 Å². The molecule has 0 N–H and O–H groups in total. The topological polar surface area (TPSA) is 12.9 Å². The molecule has 0 amide bonds. The van der Waals surface area contributed by atoms with E-state index in [0.29, 0.717) is 0 Å². The van der Waals surface area contributed by atoms with Gasteiger partial charge in [-0.15, -0.1) is 11.3 Å². The van der Waals surface area contributed by atoms with Gasteiger partial charge in [-0.3, -0.25) is 0 Å². The first-order valence-corrected chi connectivity index (χ1v) is 18.9. The smallest absolute Gasteiger partial charge is 0.0725 e. The molecule has 1 unspecified atom stereocenters. The highest BCUT2D eigenvalue weighted by Gasteiger charge is 2.52. The Morgan fingerprint density at radius 3 is 2.02 bits per heavy atom. The fourth-order valence-corrected chi connectivity index (χ4v) is 10.3. The van der Waals surface area contributed by atoms with Gasteiger partial charge in [-0.05, 0) is 128 Å². The molecule has 0 bridgehead atoms. The lowest BCUT2D eigenvalue weighted by Gasteiger charge is -2.30. The number of hydrogen-bond acceptors (Lipinski definition) is 2. The third-order valence-electron chi connectivity index (χ3n) is 11.7. The first kappa shape index (κ1) is 29.6. The zero-order valence-electron chi connectivity index (χ0n) is 28.9. The predicted molar refractivity (Wildman–Crippen MR) is 219 cm³/mol. The number of pyridine rings is 1. The number of thiophene rings is 1. The van der Waals surface area contributed by atoms with E-state index in [-0.39, 0.29) is 5.41 Å². The normalized spacial score (nSPS) is 15.2. The minimum atomic E-state index is -0.388. The van der Waals surface area contributed by atoms with Gasteiger partial charge in [-0.25, -0.2) is 4.98 Å². The molecule has 2 heterocycles. The van der Waals surface area contributed by atoms with Crippen LogP contribution in [-0.4, -0.2) is 4.98 Å². The van der Waals surface area contributed by atoms with Crippen LogP contribution in [0.4, 0.5) is 0 Å². The molecule has 1 atom stereocenters. The summed E-state index contributed by atoms with van der Waals surface area (Å²) in [6.45, 7) is 4.54. The van der Waals surface area contributed by atoms with Crippen molar-refractivity contribution in [3.63, 3.8) is 0 Å². The summed E-state index contributed by atoms with van der Waals surface area (Å²) in [4.78, 5) is 6.56. The van der Waals surface area contributed by atoms with Crippen molar-refractivity contribution in [2.45, 2.75) is 19.3 Å². The van der Waals surface area contributed by atoms with Gasteiger partial charge in [0.05, 0.1) is 16.6 Å². The lowest BCUT2D eigenvalue weighted by Crippen LogP contribution is -2.25. The average molecular weight is 680 g/mol. The van der Waals surface area contributed by atoms with Gasteiger partial charge in [0.2, 0.25) is 0 Å². The molecule has 1 spiro atoms. The van der Waals surface area contributed by atoms with Gasteiger partial charge < -0.3 is 0 Å². The maximum absolute atomic E-state index is 5.17. The van der Waals surface area contributed by atoms with Crippen LogP contribution >= 0.6 is 11.3 Å². The quantitative estimate of drug-likeness (QED) is 0.181. The Morgan fingerprint density at radius 1 is 0.462 bits per heavy atom. The van der Waals surface area contributed by atoms with Crippen LogP contribution in [0, 0.1) is 13.8 Å². The van der Waals surface area contributed by atoms with Crippen LogP contribution in [0.3, 0.4) is 0 Å². The molecule has 0 radical (unpaired) electrons. The molecular formula is C50H33NS. The first-order chi connectivity index (χ1) is 25.6. The Labute approximate surface area is 307 Å². The second-order valence-electron chi connectivity index (χ2n) is 14.3. The summed E-state index contributed by atoms with van der Waals surface area (Å²) in [6.07, 6.45) is 0. The molecule has 0 saturated carbocycles. The third-order valence-corrected chi connectivity index (χ3v) is 12.8. The summed E-state index contributed by atoms with van der Waals surface area (Å²) in [6, 6.07) is 60.7. The highest BCUT2D eigenvalue weighted by Crippen LogP contribution is 2.64. The molecule has 2 heteroatoms. The molecule has 9 aromatic rings. The molecule has 11 rings (SSSR count). The van der Waals surface area contributed by atoms with Crippen LogP contribution in [0.2, 0.25) is 0 Å². The maximum Gasteiger partial charge on any atom is 0.0725 e. The molecule has 2 aliphatic rings. The SMILES string of the molecule is Cc1sc2cc3c(cc2c1C)C1(c2ccccc2-3)c2ccccc2-c2c(-c3cccc(-c4ccc5cc(-c6ccccc6)ccc5n4)c3)cccc21. The molecule has 7 aromatic carbocycles. The van der Waals surface area contributed by atoms with Crippen LogP contribution in [0.5, 0.6) is 0 Å². The molecule has 0 fully saturated rings. The van der Waals surface area contributed by atoms with Crippen LogP contribution < -0.4 is 0 Å². The van der Waals surface area contributed by atoms with Crippen LogP contribution in [0.25, 0.3) is 76.8 Å². The summed E-state index contributed by atoms with van der Waals surface area (Å²) in [5.74, 6) is 0. The van der Waals surface area contributed by atoms with Gasteiger partial charge in [0, 0.05) is 20.5 Å². The molecule has 244 valence electrons.